The Balaban J connectivity index is 0.000000224. The lowest BCUT2D eigenvalue weighted by Gasteiger charge is -2.38. The van der Waals surface area contributed by atoms with Crippen LogP contribution in [0.3, 0.4) is 0 Å². The first-order chi connectivity index (χ1) is 10.3. The number of benzene rings is 1. The Morgan fingerprint density at radius 3 is 2.27 bits per heavy atom. The zero-order chi connectivity index (χ0) is 16.9. The molecule has 1 saturated heterocycles. The molecule has 22 heavy (non-hydrogen) atoms. The lowest BCUT2D eigenvalue weighted by atomic mass is 9.98. The molecule has 1 heterocycles. The van der Waals surface area contributed by atoms with Crippen molar-refractivity contribution in [3.8, 4) is 0 Å². The third-order valence-electron chi connectivity index (χ3n) is 3.05. The van der Waals surface area contributed by atoms with Crippen LogP contribution in [-0.4, -0.2) is 68.8 Å². The van der Waals surface area contributed by atoms with Crippen LogP contribution >= 0.6 is 11.6 Å². The van der Waals surface area contributed by atoms with Gasteiger partial charge in [0.2, 0.25) is 0 Å². The van der Waals surface area contributed by atoms with Crippen molar-refractivity contribution in [2.24, 2.45) is 5.73 Å². The largest absolute Gasteiger partial charge is 0.478 e. The van der Waals surface area contributed by atoms with Gasteiger partial charge in [0, 0.05) is 0 Å². The average Bonchev–Trinajstić information content (AvgIpc) is 2.49. The van der Waals surface area contributed by atoms with Crippen LogP contribution in [0.1, 0.15) is 10.4 Å². The van der Waals surface area contributed by atoms with Crippen LogP contribution in [0.25, 0.3) is 0 Å². The van der Waals surface area contributed by atoms with Crippen LogP contribution in [0.5, 0.6) is 0 Å². The number of halogens is 1. The van der Waals surface area contributed by atoms with Gasteiger partial charge < -0.3 is 36.0 Å². The predicted octanol–water partition coefficient (Wildman–Crippen LogP) is -1.22. The van der Waals surface area contributed by atoms with E-state index in [1.165, 1.54) is 6.07 Å². The Bertz CT molecular complexity index is 496. The number of carbonyl (C=O) groups is 1. The summed E-state index contributed by atoms with van der Waals surface area (Å²) in [5.74, 6) is -0.995. The third-order valence-corrected chi connectivity index (χ3v) is 3.38. The number of nitrogens with two attached hydrogens (primary N) is 1. The highest BCUT2D eigenvalue weighted by atomic mass is 35.5. The Kier molecular flexibility index (Phi) is 7.17. The molecule has 1 unspecified atom stereocenters. The fraction of sp³-hybridized carbons (Fsp3) is 0.462. The first-order valence-corrected chi connectivity index (χ1v) is 6.71. The van der Waals surface area contributed by atoms with E-state index in [0.29, 0.717) is 0 Å². The molecule has 1 aliphatic heterocycles. The minimum absolute atomic E-state index is 0.143. The number of hydrogen-bond donors (Lipinski definition) is 6. The maximum atomic E-state index is 10.3. The molecule has 8 nitrogen and oxygen atoms in total. The lowest BCUT2D eigenvalue weighted by Crippen LogP contribution is -2.61. The smallest absolute Gasteiger partial charge is 0.337 e. The topological polar surface area (TPSA) is 153 Å². The summed E-state index contributed by atoms with van der Waals surface area (Å²) in [7, 11) is 0. The van der Waals surface area contributed by atoms with Gasteiger partial charge in [-0.15, -0.1) is 0 Å². The van der Waals surface area contributed by atoms with Crippen molar-refractivity contribution in [1.82, 2.24) is 0 Å². The van der Waals surface area contributed by atoms with Gasteiger partial charge in [-0.3, -0.25) is 0 Å². The number of aliphatic hydroxyl groups is 4. The molecular formula is C13H18ClNO7. The van der Waals surface area contributed by atoms with E-state index in [-0.39, 0.29) is 10.6 Å². The van der Waals surface area contributed by atoms with Crippen molar-refractivity contribution in [2.75, 3.05) is 6.61 Å². The third kappa shape index (κ3) is 4.62. The standard InChI is InChI=1S/C7H5ClO2.C6H13NO5/c8-6-4-2-1-3-5(6)7(9)10;7-3-5(10)4(9)2(1-8)12-6(3)11/h1-4H,(H,9,10);2-6,8-11H,1,7H2/t;2-,3-,4-,5-,6?/m.1/s1. The highest BCUT2D eigenvalue weighted by molar-refractivity contribution is 6.33. The maximum Gasteiger partial charge on any atom is 0.337 e. The number of ether oxygens (including phenoxy) is 1. The molecule has 0 amide bonds. The van der Waals surface area contributed by atoms with Crippen molar-refractivity contribution >= 4 is 17.6 Å². The van der Waals surface area contributed by atoms with Crippen molar-refractivity contribution in [3.05, 3.63) is 34.9 Å². The second-order valence-electron chi connectivity index (χ2n) is 4.59. The minimum Gasteiger partial charge on any atom is -0.478 e. The van der Waals surface area contributed by atoms with Gasteiger partial charge >= 0.3 is 5.97 Å². The van der Waals surface area contributed by atoms with Crippen LogP contribution < -0.4 is 5.73 Å². The Morgan fingerprint density at radius 2 is 1.82 bits per heavy atom. The van der Waals surface area contributed by atoms with E-state index in [4.69, 9.17) is 37.4 Å². The summed E-state index contributed by atoms with van der Waals surface area (Å²) in [4.78, 5) is 10.3. The highest BCUT2D eigenvalue weighted by Gasteiger charge is 2.41. The van der Waals surface area contributed by atoms with Crippen molar-refractivity contribution in [2.45, 2.75) is 30.6 Å². The molecule has 1 aromatic carbocycles. The minimum atomic E-state index is -1.35. The number of aromatic carboxylic acids is 1. The van der Waals surface area contributed by atoms with Gasteiger partial charge in [0.25, 0.3) is 0 Å². The van der Waals surface area contributed by atoms with Gasteiger partial charge in [-0.2, -0.15) is 0 Å². The van der Waals surface area contributed by atoms with Gasteiger partial charge in [-0.1, -0.05) is 23.7 Å². The maximum absolute atomic E-state index is 10.3. The van der Waals surface area contributed by atoms with Crippen molar-refractivity contribution < 1.29 is 35.1 Å². The summed E-state index contributed by atoms with van der Waals surface area (Å²) < 4.78 is 4.70. The van der Waals surface area contributed by atoms with Crippen molar-refractivity contribution in [3.63, 3.8) is 0 Å². The van der Waals surface area contributed by atoms with E-state index in [9.17, 15) is 15.0 Å². The number of rotatable bonds is 2. The van der Waals surface area contributed by atoms with E-state index < -0.39 is 43.2 Å². The molecular weight excluding hydrogens is 318 g/mol. The monoisotopic (exact) mass is 335 g/mol. The second-order valence-corrected chi connectivity index (χ2v) is 5.00. The summed E-state index contributed by atoms with van der Waals surface area (Å²) in [6.45, 7) is -0.470. The molecule has 1 aliphatic rings. The fourth-order valence-corrected chi connectivity index (χ4v) is 1.97. The van der Waals surface area contributed by atoms with Gasteiger partial charge in [-0.05, 0) is 12.1 Å². The number of carboxylic acid groups (broad SMARTS) is 1. The second kappa shape index (κ2) is 8.39. The Hall–Kier alpha value is -1.26. The molecule has 7 N–H and O–H groups in total. The zero-order valence-electron chi connectivity index (χ0n) is 11.4. The molecule has 0 bridgehead atoms. The molecule has 0 aliphatic carbocycles. The number of aliphatic hydroxyl groups excluding tert-OH is 4. The molecule has 0 spiro atoms. The molecule has 124 valence electrons. The quantitative estimate of drug-likeness (QED) is 0.393. The molecule has 0 aromatic heterocycles. The Morgan fingerprint density at radius 1 is 1.23 bits per heavy atom. The number of carboxylic acids is 1. The van der Waals surface area contributed by atoms with Crippen LogP contribution in [0, 0.1) is 0 Å². The van der Waals surface area contributed by atoms with E-state index in [1.807, 2.05) is 0 Å². The first kappa shape index (κ1) is 18.8. The summed E-state index contributed by atoms with van der Waals surface area (Å²) in [5, 5.41) is 44.8. The first-order valence-electron chi connectivity index (χ1n) is 6.33. The summed E-state index contributed by atoms with van der Waals surface area (Å²) in [6, 6.07) is 5.29. The van der Waals surface area contributed by atoms with E-state index in [1.54, 1.807) is 18.2 Å². The molecule has 1 aromatic rings. The fourth-order valence-electron chi connectivity index (χ4n) is 1.75. The van der Waals surface area contributed by atoms with E-state index in [0.717, 1.165) is 0 Å². The highest BCUT2D eigenvalue weighted by Crippen LogP contribution is 2.17. The molecule has 5 atom stereocenters. The van der Waals surface area contributed by atoms with Gasteiger partial charge in [-0.25, -0.2) is 4.79 Å². The van der Waals surface area contributed by atoms with Gasteiger partial charge in [0.1, 0.15) is 18.3 Å². The van der Waals surface area contributed by atoms with Crippen LogP contribution in [-0.2, 0) is 4.74 Å². The van der Waals surface area contributed by atoms with Crippen LogP contribution in [0.15, 0.2) is 24.3 Å². The molecule has 0 saturated carbocycles. The normalized spacial score (nSPS) is 31.1. The van der Waals surface area contributed by atoms with Crippen LogP contribution in [0.4, 0.5) is 0 Å². The summed E-state index contributed by atoms with van der Waals surface area (Å²) in [5.41, 5.74) is 5.41. The Labute approximate surface area is 131 Å². The van der Waals surface area contributed by atoms with Gasteiger partial charge in [0.15, 0.2) is 6.29 Å². The van der Waals surface area contributed by atoms with E-state index >= 15 is 0 Å². The number of hydrogen-bond acceptors (Lipinski definition) is 7. The summed E-state index contributed by atoms with van der Waals surface area (Å²) >= 11 is 5.54. The van der Waals surface area contributed by atoms with Gasteiger partial charge in [0.05, 0.1) is 23.2 Å². The summed E-state index contributed by atoms with van der Waals surface area (Å²) in [6.07, 6.45) is -4.85. The molecule has 9 heteroatoms. The lowest BCUT2D eigenvalue weighted by molar-refractivity contribution is -0.248. The molecule has 2 rings (SSSR count). The predicted molar refractivity (Wildman–Crippen MR) is 76.4 cm³/mol. The SMILES string of the molecule is N[C@H]1C(O)O[C@H](CO)[C@@H](O)[C@@H]1O.O=C(O)c1ccccc1Cl. The molecule has 1 fully saturated rings. The molecule has 0 radical (unpaired) electrons. The zero-order valence-corrected chi connectivity index (χ0v) is 12.2. The average molecular weight is 336 g/mol. The van der Waals surface area contributed by atoms with Crippen molar-refractivity contribution in [1.29, 1.82) is 0 Å². The van der Waals surface area contributed by atoms with Crippen LogP contribution in [0.2, 0.25) is 5.02 Å². The van der Waals surface area contributed by atoms with E-state index in [2.05, 4.69) is 0 Å².